The van der Waals surface area contributed by atoms with Gasteiger partial charge >= 0.3 is 0 Å². The molecule has 0 radical (unpaired) electrons. The molecule has 0 saturated heterocycles. The molecule has 0 saturated carbocycles. The van der Waals surface area contributed by atoms with Gasteiger partial charge in [-0.25, -0.2) is 4.98 Å². The molecule has 3 nitrogen and oxygen atoms in total. The first-order chi connectivity index (χ1) is 9.77. The van der Waals surface area contributed by atoms with Gasteiger partial charge in [-0.15, -0.1) is 11.3 Å². The molecule has 0 aliphatic rings. The highest BCUT2D eigenvalue weighted by Gasteiger charge is 2.17. The molecule has 0 amide bonds. The van der Waals surface area contributed by atoms with Crippen LogP contribution in [0.15, 0.2) is 24.4 Å². The predicted octanol–water partition coefficient (Wildman–Crippen LogP) is 4.77. The third kappa shape index (κ3) is 4.11. The molecule has 1 heterocycles. The zero-order valence-corrected chi connectivity index (χ0v) is 14.8. The van der Waals surface area contributed by atoms with Gasteiger partial charge in [0.2, 0.25) is 0 Å². The standard InChI is InChI=1S/C16H22ClN3S/c1-16(2,3)15-19-10-12(21-15)9-18-11-6-7-14(20(4)5)13(17)8-11/h6-8,10,18H,9H2,1-5H3. The van der Waals surface area contributed by atoms with Crippen molar-refractivity contribution in [2.75, 3.05) is 24.3 Å². The number of nitrogens with zero attached hydrogens (tertiary/aromatic N) is 2. The molecule has 0 fully saturated rings. The fraction of sp³-hybridized carbons (Fsp3) is 0.438. The zero-order valence-electron chi connectivity index (χ0n) is 13.2. The maximum Gasteiger partial charge on any atom is 0.0981 e. The lowest BCUT2D eigenvalue weighted by Crippen LogP contribution is -2.09. The Kier molecular flexibility index (Phi) is 4.79. The molecular formula is C16H22ClN3S. The van der Waals surface area contributed by atoms with E-state index in [0.717, 1.165) is 22.9 Å². The van der Waals surface area contributed by atoms with E-state index in [1.54, 1.807) is 11.3 Å². The molecule has 0 bridgehead atoms. The largest absolute Gasteiger partial charge is 0.380 e. The minimum absolute atomic E-state index is 0.111. The smallest absolute Gasteiger partial charge is 0.0981 e. The van der Waals surface area contributed by atoms with Crippen LogP contribution in [-0.2, 0) is 12.0 Å². The van der Waals surface area contributed by atoms with Gasteiger partial charge in [0, 0.05) is 36.3 Å². The summed E-state index contributed by atoms with van der Waals surface area (Å²) in [7, 11) is 3.97. The van der Waals surface area contributed by atoms with Crippen LogP contribution in [0.2, 0.25) is 5.02 Å². The van der Waals surface area contributed by atoms with Gasteiger partial charge in [0.1, 0.15) is 0 Å². The van der Waals surface area contributed by atoms with Crippen molar-refractivity contribution in [2.24, 2.45) is 0 Å². The van der Waals surface area contributed by atoms with E-state index in [9.17, 15) is 0 Å². The average molecular weight is 324 g/mol. The SMILES string of the molecule is CN(C)c1ccc(NCc2cnc(C(C)(C)C)s2)cc1Cl. The number of rotatable bonds is 4. The maximum atomic E-state index is 6.28. The topological polar surface area (TPSA) is 28.2 Å². The Labute approximate surface area is 136 Å². The van der Waals surface area contributed by atoms with Crippen LogP contribution in [0.1, 0.15) is 30.7 Å². The Balaban J connectivity index is 2.03. The van der Waals surface area contributed by atoms with E-state index in [1.807, 2.05) is 43.4 Å². The second-order valence-electron chi connectivity index (χ2n) is 6.30. The monoisotopic (exact) mass is 323 g/mol. The number of benzene rings is 1. The summed E-state index contributed by atoms with van der Waals surface area (Å²) in [4.78, 5) is 7.73. The van der Waals surface area contributed by atoms with Crippen molar-refractivity contribution >= 4 is 34.3 Å². The van der Waals surface area contributed by atoms with E-state index >= 15 is 0 Å². The molecule has 21 heavy (non-hydrogen) atoms. The Morgan fingerprint density at radius 3 is 2.52 bits per heavy atom. The van der Waals surface area contributed by atoms with Crippen molar-refractivity contribution in [1.29, 1.82) is 0 Å². The Bertz CT molecular complexity index is 614. The highest BCUT2D eigenvalue weighted by Crippen LogP contribution is 2.29. The van der Waals surface area contributed by atoms with Crippen LogP contribution in [0.4, 0.5) is 11.4 Å². The van der Waals surface area contributed by atoms with E-state index in [-0.39, 0.29) is 5.41 Å². The number of anilines is 2. The number of nitrogens with one attached hydrogen (secondary N) is 1. The van der Waals surface area contributed by atoms with Gasteiger partial charge < -0.3 is 10.2 Å². The van der Waals surface area contributed by atoms with Gasteiger partial charge in [-0.05, 0) is 18.2 Å². The first-order valence-electron chi connectivity index (χ1n) is 6.93. The molecule has 2 aromatic rings. The number of aromatic nitrogens is 1. The first-order valence-corrected chi connectivity index (χ1v) is 8.13. The van der Waals surface area contributed by atoms with Crippen LogP contribution in [0.3, 0.4) is 0 Å². The van der Waals surface area contributed by atoms with Gasteiger partial charge in [0.05, 0.1) is 22.3 Å². The van der Waals surface area contributed by atoms with Crippen molar-refractivity contribution in [3.05, 3.63) is 39.3 Å². The predicted molar refractivity (Wildman–Crippen MR) is 93.9 cm³/mol. The molecule has 1 aromatic heterocycles. The van der Waals surface area contributed by atoms with Gasteiger partial charge in [-0.2, -0.15) is 0 Å². The second kappa shape index (κ2) is 6.24. The summed E-state index contributed by atoms with van der Waals surface area (Å²) in [5, 5.41) is 5.32. The van der Waals surface area contributed by atoms with E-state index in [0.29, 0.717) is 0 Å². The molecule has 0 atom stereocenters. The third-order valence-corrected chi connectivity index (χ3v) is 4.82. The maximum absolute atomic E-state index is 6.28. The summed E-state index contributed by atoms with van der Waals surface area (Å²) in [6.45, 7) is 7.32. The number of thiazole rings is 1. The van der Waals surface area contributed by atoms with Gasteiger partial charge in [0.15, 0.2) is 0 Å². The Morgan fingerprint density at radius 2 is 2.00 bits per heavy atom. The molecule has 2 rings (SSSR count). The molecule has 5 heteroatoms. The van der Waals surface area contributed by atoms with Crippen molar-refractivity contribution in [3.8, 4) is 0 Å². The Morgan fingerprint density at radius 1 is 1.29 bits per heavy atom. The van der Waals surface area contributed by atoms with Crippen LogP contribution in [-0.4, -0.2) is 19.1 Å². The van der Waals surface area contributed by atoms with Crippen LogP contribution in [0.5, 0.6) is 0 Å². The molecule has 0 aliphatic heterocycles. The molecule has 114 valence electrons. The van der Waals surface area contributed by atoms with E-state index in [4.69, 9.17) is 11.6 Å². The van der Waals surface area contributed by atoms with Crippen molar-refractivity contribution in [3.63, 3.8) is 0 Å². The molecule has 0 unspecified atom stereocenters. The van der Waals surface area contributed by atoms with E-state index in [2.05, 4.69) is 31.1 Å². The van der Waals surface area contributed by atoms with Crippen LogP contribution in [0, 0.1) is 0 Å². The summed E-state index contributed by atoms with van der Waals surface area (Å²) in [5.74, 6) is 0. The summed E-state index contributed by atoms with van der Waals surface area (Å²) in [6, 6.07) is 6.04. The molecule has 1 aromatic carbocycles. The summed E-state index contributed by atoms with van der Waals surface area (Å²) in [6.07, 6.45) is 1.95. The van der Waals surface area contributed by atoms with E-state index in [1.165, 1.54) is 9.88 Å². The van der Waals surface area contributed by atoms with E-state index < -0.39 is 0 Å². The summed E-state index contributed by atoms with van der Waals surface area (Å²) in [5.41, 5.74) is 2.16. The molecule has 1 N–H and O–H groups in total. The van der Waals surface area contributed by atoms with Gasteiger partial charge in [-0.3, -0.25) is 0 Å². The number of hydrogen-bond donors (Lipinski definition) is 1. The fourth-order valence-corrected chi connectivity index (χ4v) is 3.16. The van der Waals surface area contributed by atoms with Crippen molar-refractivity contribution < 1.29 is 0 Å². The van der Waals surface area contributed by atoms with Crippen molar-refractivity contribution in [1.82, 2.24) is 4.98 Å². The zero-order chi connectivity index (χ0) is 15.6. The second-order valence-corrected chi connectivity index (χ2v) is 7.82. The fourth-order valence-electron chi connectivity index (χ4n) is 1.90. The lowest BCUT2D eigenvalue weighted by atomic mass is 9.98. The molecular weight excluding hydrogens is 302 g/mol. The minimum atomic E-state index is 0.111. The molecule has 0 aliphatic carbocycles. The summed E-state index contributed by atoms with van der Waals surface area (Å²) >= 11 is 8.04. The molecule has 0 spiro atoms. The normalized spacial score (nSPS) is 11.5. The number of halogens is 1. The van der Waals surface area contributed by atoms with Gasteiger partial charge in [-0.1, -0.05) is 32.4 Å². The summed E-state index contributed by atoms with van der Waals surface area (Å²) < 4.78 is 0. The Hall–Kier alpha value is -1.26. The first kappa shape index (κ1) is 16.1. The lowest BCUT2D eigenvalue weighted by molar-refractivity contribution is 0.585. The third-order valence-electron chi connectivity index (χ3n) is 3.09. The quantitative estimate of drug-likeness (QED) is 0.878. The highest BCUT2D eigenvalue weighted by atomic mass is 35.5. The van der Waals surface area contributed by atoms with Gasteiger partial charge in [0.25, 0.3) is 0 Å². The van der Waals surface area contributed by atoms with Crippen LogP contribution in [0.25, 0.3) is 0 Å². The average Bonchev–Trinajstić information content (AvgIpc) is 2.84. The van der Waals surface area contributed by atoms with Crippen LogP contribution >= 0.6 is 22.9 Å². The minimum Gasteiger partial charge on any atom is -0.380 e. The highest BCUT2D eigenvalue weighted by molar-refractivity contribution is 7.11. The lowest BCUT2D eigenvalue weighted by Gasteiger charge is -2.15. The van der Waals surface area contributed by atoms with Crippen molar-refractivity contribution in [2.45, 2.75) is 32.7 Å². The number of hydrogen-bond acceptors (Lipinski definition) is 4. The van der Waals surface area contributed by atoms with Crippen LogP contribution < -0.4 is 10.2 Å².